The summed E-state index contributed by atoms with van der Waals surface area (Å²) in [6.07, 6.45) is 0. The van der Waals surface area contributed by atoms with Gasteiger partial charge in [-0.25, -0.2) is 9.97 Å². The van der Waals surface area contributed by atoms with Crippen LogP contribution in [0.4, 0.5) is 0 Å². The quantitative estimate of drug-likeness (QED) is 0.118. The number of benzene rings is 9. The molecule has 0 N–H and O–H groups in total. The van der Waals surface area contributed by atoms with Gasteiger partial charge in [0.25, 0.3) is 0 Å². The highest BCUT2D eigenvalue weighted by molar-refractivity contribution is 7.19. The van der Waals surface area contributed by atoms with E-state index in [0.717, 1.165) is 33.5 Å². The Morgan fingerprint density at radius 3 is 1.41 bits per heavy atom. The summed E-state index contributed by atoms with van der Waals surface area (Å²) in [5, 5.41) is 7.82. The van der Waals surface area contributed by atoms with Crippen molar-refractivity contribution in [1.29, 1.82) is 0 Å². The molecule has 11 aromatic rings. The predicted molar refractivity (Wildman–Crippen MR) is 266 cm³/mol. The second-order valence-electron chi connectivity index (χ2n) is 17.2. The third-order valence-corrected chi connectivity index (χ3v) is 18.7. The van der Waals surface area contributed by atoms with Crippen LogP contribution >= 0.6 is 0 Å². The number of fused-ring (bicyclic) bond motifs is 3. The van der Waals surface area contributed by atoms with Gasteiger partial charge < -0.3 is 0 Å². The van der Waals surface area contributed by atoms with E-state index in [2.05, 4.69) is 241 Å². The molecular formula is C60H41N3Si. The normalized spacial score (nSPS) is 14.9. The molecule has 2 aromatic heterocycles. The molecule has 0 saturated carbocycles. The van der Waals surface area contributed by atoms with Gasteiger partial charge in [-0.3, -0.25) is 4.57 Å². The fraction of sp³-hybridized carbons (Fsp3) is 0.0333. The van der Waals surface area contributed by atoms with E-state index >= 15 is 0 Å². The van der Waals surface area contributed by atoms with Crippen molar-refractivity contribution < 1.29 is 0 Å². The summed E-state index contributed by atoms with van der Waals surface area (Å²) in [6, 6.07) is 87.0. The van der Waals surface area contributed by atoms with Gasteiger partial charge in [0.2, 0.25) is 5.95 Å². The first kappa shape index (κ1) is 36.7. The summed E-state index contributed by atoms with van der Waals surface area (Å²) in [5.41, 5.74) is 14.6. The molecule has 2 bridgehead atoms. The van der Waals surface area contributed by atoms with E-state index in [0.29, 0.717) is 5.95 Å². The van der Waals surface area contributed by atoms with Crippen LogP contribution in [0.25, 0.3) is 50.3 Å². The summed E-state index contributed by atoms with van der Waals surface area (Å²) in [7, 11) is -2.80. The van der Waals surface area contributed by atoms with Crippen LogP contribution in [-0.4, -0.2) is 22.6 Å². The Balaban J connectivity index is 1.06. The molecule has 0 aliphatic heterocycles. The molecule has 300 valence electrons. The van der Waals surface area contributed by atoms with E-state index < -0.39 is 8.07 Å². The molecule has 14 rings (SSSR count). The summed E-state index contributed by atoms with van der Waals surface area (Å²) in [6.45, 7) is 0. The molecule has 0 unspecified atom stereocenters. The second kappa shape index (κ2) is 14.6. The van der Waals surface area contributed by atoms with Crippen LogP contribution in [0.5, 0.6) is 0 Å². The number of hydrogen-bond acceptors (Lipinski definition) is 2. The fourth-order valence-corrected chi connectivity index (χ4v) is 16.1. The largest absolute Gasteiger partial charge is 0.278 e. The van der Waals surface area contributed by atoms with Gasteiger partial charge in [-0.1, -0.05) is 218 Å². The Labute approximate surface area is 373 Å². The topological polar surface area (TPSA) is 30.7 Å². The molecule has 64 heavy (non-hydrogen) atoms. The average Bonchev–Trinajstić information content (AvgIpc) is 3.72. The first-order valence-corrected chi connectivity index (χ1v) is 24.2. The first-order chi connectivity index (χ1) is 31.8. The van der Waals surface area contributed by atoms with Crippen molar-refractivity contribution in [1.82, 2.24) is 14.5 Å². The molecule has 0 fully saturated rings. The third-order valence-electron chi connectivity index (χ3n) is 13.9. The molecule has 0 atom stereocenters. The van der Waals surface area contributed by atoms with Crippen LogP contribution in [0.1, 0.15) is 45.2 Å². The molecular weight excluding hydrogens is 791 g/mol. The van der Waals surface area contributed by atoms with Crippen molar-refractivity contribution in [2.75, 3.05) is 0 Å². The fourth-order valence-electron chi connectivity index (χ4n) is 11.4. The maximum atomic E-state index is 5.61. The predicted octanol–water partition coefficient (Wildman–Crippen LogP) is 11.3. The van der Waals surface area contributed by atoms with Crippen LogP contribution in [0.2, 0.25) is 0 Å². The van der Waals surface area contributed by atoms with E-state index in [1.165, 1.54) is 64.9 Å². The third kappa shape index (κ3) is 5.39. The number of rotatable bonds is 7. The SMILES string of the molecule is c1ccc(-c2cc(-c3cccc([Si](c4ccccc4)(c4ccccc4)c4ccccc4)c3)nc(-n3c4ccccc4c4c5c(ccc43)C3c4ccccc4C5c4ccccc43)n2)cc1. The molecule has 0 amide bonds. The number of para-hydroxylation sites is 1. The minimum absolute atomic E-state index is 0.133. The van der Waals surface area contributed by atoms with Gasteiger partial charge in [0.05, 0.1) is 22.4 Å². The first-order valence-electron chi connectivity index (χ1n) is 22.2. The van der Waals surface area contributed by atoms with Crippen LogP contribution in [-0.2, 0) is 0 Å². The van der Waals surface area contributed by atoms with Crippen LogP contribution < -0.4 is 20.7 Å². The minimum atomic E-state index is -2.80. The van der Waals surface area contributed by atoms with Gasteiger partial charge in [-0.2, -0.15) is 0 Å². The lowest BCUT2D eigenvalue weighted by atomic mass is 9.60. The Morgan fingerprint density at radius 2 is 0.812 bits per heavy atom. The van der Waals surface area contributed by atoms with Crippen molar-refractivity contribution in [3.63, 3.8) is 0 Å². The van der Waals surface area contributed by atoms with Crippen molar-refractivity contribution in [3.8, 4) is 28.5 Å². The summed E-state index contributed by atoms with van der Waals surface area (Å²) < 4.78 is 2.32. The van der Waals surface area contributed by atoms with Crippen LogP contribution in [0.3, 0.4) is 0 Å². The Morgan fingerprint density at radius 1 is 0.344 bits per heavy atom. The second-order valence-corrected chi connectivity index (χ2v) is 21.0. The van der Waals surface area contributed by atoms with Gasteiger partial charge in [-0.15, -0.1) is 0 Å². The molecule has 3 nitrogen and oxygen atoms in total. The van der Waals surface area contributed by atoms with Crippen molar-refractivity contribution >= 4 is 50.6 Å². The summed E-state index contributed by atoms with van der Waals surface area (Å²) >= 11 is 0. The molecule has 0 spiro atoms. The van der Waals surface area contributed by atoms with E-state index in [4.69, 9.17) is 9.97 Å². The smallest absolute Gasteiger partial charge is 0.235 e. The lowest BCUT2D eigenvalue weighted by Gasteiger charge is -2.42. The molecule has 0 saturated heterocycles. The minimum Gasteiger partial charge on any atom is -0.278 e. The number of aromatic nitrogens is 3. The van der Waals surface area contributed by atoms with Gasteiger partial charge >= 0.3 is 0 Å². The Bertz CT molecular complexity index is 3420. The zero-order valence-electron chi connectivity index (χ0n) is 35.0. The highest BCUT2D eigenvalue weighted by Crippen LogP contribution is 2.58. The Hall–Kier alpha value is -7.92. The van der Waals surface area contributed by atoms with Gasteiger partial charge in [0.15, 0.2) is 8.07 Å². The monoisotopic (exact) mass is 831 g/mol. The van der Waals surface area contributed by atoms with Gasteiger partial charge in [0.1, 0.15) is 0 Å². The molecule has 2 heterocycles. The molecule has 3 aliphatic carbocycles. The van der Waals surface area contributed by atoms with Crippen LogP contribution in [0, 0.1) is 0 Å². The lowest BCUT2D eigenvalue weighted by molar-refractivity contribution is 0.761. The average molecular weight is 832 g/mol. The van der Waals surface area contributed by atoms with Crippen LogP contribution in [0.15, 0.2) is 237 Å². The maximum absolute atomic E-state index is 5.61. The number of hydrogen-bond donors (Lipinski definition) is 0. The summed E-state index contributed by atoms with van der Waals surface area (Å²) in [5.74, 6) is 0.981. The molecule has 4 heteroatoms. The van der Waals surface area contributed by atoms with E-state index in [9.17, 15) is 0 Å². The lowest BCUT2D eigenvalue weighted by Crippen LogP contribution is -2.74. The van der Waals surface area contributed by atoms with E-state index in [-0.39, 0.29) is 11.8 Å². The number of nitrogens with zero attached hydrogens (tertiary/aromatic N) is 3. The molecule has 0 radical (unpaired) electrons. The highest BCUT2D eigenvalue weighted by Gasteiger charge is 2.43. The maximum Gasteiger partial charge on any atom is 0.235 e. The zero-order chi connectivity index (χ0) is 42.2. The standard InChI is InChI=1S/C60H41N3Si/c1-5-20-40(21-6-1)52-39-53(41-22-19-29-45(38-41)64(42-23-7-2-8-24-42,43-25-9-3-10-26-43)44-27-11-4-12-28-44)62-60(61-52)63-54-35-18-17-34-50(54)58-55(63)37-36-51-56-46-30-13-15-32-48(46)57(59(51)58)49-33-16-14-31-47(49)56/h1-39,56-57H. The molecule has 9 aromatic carbocycles. The van der Waals surface area contributed by atoms with E-state index in [1.54, 1.807) is 0 Å². The highest BCUT2D eigenvalue weighted by atomic mass is 28.3. The van der Waals surface area contributed by atoms with Gasteiger partial charge in [-0.05, 0) is 72.3 Å². The van der Waals surface area contributed by atoms with Crippen molar-refractivity contribution in [2.24, 2.45) is 0 Å². The Kier molecular flexibility index (Phi) is 8.37. The molecule has 3 aliphatic rings. The van der Waals surface area contributed by atoms with Crippen molar-refractivity contribution in [2.45, 2.75) is 11.8 Å². The van der Waals surface area contributed by atoms with Crippen molar-refractivity contribution in [3.05, 3.63) is 270 Å². The van der Waals surface area contributed by atoms with E-state index in [1.807, 2.05) is 0 Å². The zero-order valence-corrected chi connectivity index (χ0v) is 36.0. The summed E-state index contributed by atoms with van der Waals surface area (Å²) in [4.78, 5) is 11.1. The van der Waals surface area contributed by atoms with Gasteiger partial charge in [0, 0.05) is 33.7 Å².